The topological polar surface area (TPSA) is 75.4 Å². The van der Waals surface area contributed by atoms with Crippen LogP contribution in [-0.4, -0.2) is 23.5 Å². The summed E-state index contributed by atoms with van der Waals surface area (Å²) < 4.78 is 5.20. The fraction of sp³-hybridized carbons (Fsp3) is 0.150. The van der Waals surface area contributed by atoms with Crippen molar-refractivity contribution in [3.63, 3.8) is 0 Å². The number of rotatable bonds is 4. The van der Waals surface area contributed by atoms with Crippen LogP contribution in [0.3, 0.4) is 0 Å². The van der Waals surface area contributed by atoms with Crippen molar-refractivity contribution in [2.45, 2.75) is 6.42 Å². The molecule has 1 saturated heterocycles. The van der Waals surface area contributed by atoms with E-state index in [0.717, 1.165) is 11.3 Å². The number of aromatic nitrogens is 1. The number of hydrogen-bond acceptors (Lipinski definition) is 4. The van der Waals surface area contributed by atoms with Gasteiger partial charge in [0.2, 0.25) is 17.7 Å². The summed E-state index contributed by atoms with van der Waals surface area (Å²) in [7, 11) is 0. The minimum absolute atomic E-state index is 0.0687. The number of anilines is 2. The predicted octanol–water partition coefficient (Wildman–Crippen LogP) is 3.99. The molecule has 2 amide bonds. The first-order chi connectivity index (χ1) is 13.1. The number of benzene rings is 2. The number of carbonyl (C=O) groups excluding carboxylic acids is 2. The molecule has 3 aromatic rings. The highest BCUT2D eigenvalue weighted by Gasteiger charge is 2.35. The number of hydrogen-bond donors (Lipinski definition) is 1. The molecule has 7 heteroatoms. The molecule has 4 rings (SSSR count). The monoisotopic (exact) mass is 381 g/mol. The van der Waals surface area contributed by atoms with E-state index in [1.165, 1.54) is 0 Å². The van der Waals surface area contributed by atoms with Gasteiger partial charge in [0.15, 0.2) is 0 Å². The van der Waals surface area contributed by atoms with Gasteiger partial charge in [-0.15, -0.1) is 0 Å². The van der Waals surface area contributed by atoms with E-state index in [0.29, 0.717) is 17.3 Å². The van der Waals surface area contributed by atoms with Crippen molar-refractivity contribution in [2.75, 3.05) is 16.8 Å². The third-order valence-electron chi connectivity index (χ3n) is 4.46. The van der Waals surface area contributed by atoms with Gasteiger partial charge in [-0.05, 0) is 24.3 Å². The normalized spacial score (nSPS) is 16.6. The van der Waals surface area contributed by atoms with Crippen molar-refractivity contribution in [1.29, 1.82) is 0 Å². The molecule has 2 heterocycles. The van der Waals surface area contributed by atoms with Crippen molar-refractivity contribution >= 4 is 35.0 Å². The van der Waals surface area contributed by atoms with Gasteiger partial charge in [-0.25, -0.2) is 0 Å². The van der Waals surface area contributed by atoms with Gasteiger partial charge in [0, 0.05) is 35.3 Å². The number of nitrogens with one attached hydrogen (secondary N) is 1. The fourth-order valence-corrected chi connectivity index (χ4v) is 3.18. The maximum absolute atomic E-state index is 12.5. The zero-order valence-electron chi connectivity index (χ0n) is 14.3. The van der Waals surface area contributed by atoms with E-state index >= 15 is 0 Å². The molecule has 27 heavy (non-hydrogen) atoms. The van der Waals surface area contributed by atoms with Gasteiger partial charge >= 0.3 is 0 Å². The van der Waals surface area contributed by atoms with Crippen LogP contribution < -0.4 is 10.2 Å². The van der Waals surface area contributed by atoms with Crippen LogP contribution >= 0.6 is 11.6 Å². The molecule has 0 bridgehead atoms. The molecular formula is C20H16ClN3O3. The molecule has 136 valence electrons. The van der Waals surface area contributed by atoms with E-state index in [1.807, 2.05) is 42.5 Å². The van der Waals surface area contributed by atoms with Crippen molar-refractivity contribution < 1.29 is 14.1 Å². The van der Waals surface area contributed by atoms with Crippen LogP contribution in [0.5, 0.6) is 0 Å². The average Bonchev–Trinajstić information content (AvgIpc) is 3.30. The highest BCUT2D eigenvalue weighted by Crippen LogP contribution is 2.27. The molecule has 6 nitrogen and oxygen atoms in total. The third-order valence-corrected chi connectivity index (χ3v) is 4.71. The van der Waals surface area contributed by atoms with Gasteiger partial charge < -0.3 is 9.42 Å². The van der Waals surface area contributed by atoms with Crippen LogP contribution in [0.25, 0.3) is 11.3 Å². The molecule has 0 radical (unpaired) electrons. The standard InChI is InChI=1S/C20H16ClN3O3/c21-15-8-6-13(7-9-15)17-11-18(27-23-17)22-20(26)14-10-19(25)24(12-14)16-4-2-1-3-5-16/h1-9,11,14H,10,12H2,(H,22,26). The molecular weight excluding hydrogens is 366 g/mol. The summed E-state index contributed by atoms with van der Waals surface area (Å²) >= 11 is 5.88. The van der Waals surface area contributed by atoms with Gasteiger partial charge in [-0.3, -0.25) is 14.9 Å². The summed E-state index contributed by atoms with van der Waals surface area (Å²) in [6.07, 6.45) is 0.166. The summed E-state index contributed by atoms with van der Waals surface area (Å²) in [6.45, 7) is 0.340. The molecule has 0 aliphatic carbocycles. The van der Waals surface area contributed by atoms with Crippen LogP contribution in [0.4, 0.5) is 11.6 Å². The van der Waals surface area contributed by atoms with Crippen molar-refractivity contribution in [2.24, 2.45) is 5.92 Å². The van der Waals surface area contributed by atoms with Crippen LogP contribution in [-0.2, 0) is 9.59 Å². The molecule has 1 aliphatic rings. The van der Waals surface area contributed by atoms with Crippen molar-refractivity contribution in [1.82, 2.24) is 5.16 Å². The Balaban J connectivity index is 1.43. The average molecular weight is 382 g/mol. The Morgan fingerprint density at radius 2 is 1.89 bits per heavy atom. The van der Waals surface area contributed by atoms with Crippen molar-refractivity contribution in [3.05, 3.63) is 65.7 Å². The molecule has 1 aliphatic heterocycles. The van der Waals surface area contributed by atoms with Crippen molar-refractivity contribution in [3.8, 4) is 11.3 Å². The Hall–Kier alpha value is -3.12. The van der Waals surface area contributed by atoms with Gasteiger partial charge in [-0.1, -0.05) is 47.1 Å². The van der Waals surface area contributed by atoms with E-state index in [1.54, 1.807) is 23.1 Å². The van der Waals surface area contributed by atoms with E-state index in [2.05, 4.69) is 10.5 Å². The lowest BCUT2D eigenvalue weighted by molar-refractivity contribution is -0.122. The van der Waals surface area contributed by atoms with Gasteiger partial charge in [-0.2, -0.15) is 0 Å². The maximum Gasteiger partial charge on any atom is 0.232 e. The molecule has 1 unspecified atom stereocenters. The van der Waals surface area contributed by atoms with Gasteiger partial charge in [0.05, 0.1) is 5.92 Å². The number of halogens is 1. The number of carbonyl (C=O) groups is 2. The first-order valence-electron chi connectivity index (χ1n) is 8.49. The lowest BCUT2D eigenvalue weighted by Crippen LogP contribution is -2.27. The second kappa shape index (κ2) is 7.25. The minimum Gasteiger partial charge on any atom is -0.338 e. The Labute approximate surface area is 160 Å². The fourth-order valence-electron chi connectivity index (χ4n) is 3.05. The summed E-state index contributed by atoms with van der Waals surface area (Å²) in [5, 5.41) is 7.30. The molecule has 0 spiro atoms. The van der Waals surface area contributed by atoms with Crippen LogP contribution in [0.1, 0.15) is 6.42 Å². The van der Waals surface area contributed by atoms with Gasteiger partial charge in [0.25, 0.3) is 0 Å². The molecule has 1 fully saturated rings. The zero-order valence-corrected chi connectivity index (χ0v) is 15.0. The van der Waals surface area contributed by atoms with E-state index < -0.39 is 5.92 Å². The zero-order chi connectivity index (χ0) is 18.8. The third kappa shape index (κ3) is 3.71. The first-order valence-corrected chi connectivity index (χ1v) is 8.87. The summed E-state index contributed by atoms with van der Waals surface area (Å²) in [4.78, 5) is 26.4. The lowest BCUT2D eigenvalue weighted by atomic mass is 10.1. The number of para-hydroxylation sites is 1. The van der Waals surface area contributed by atoms with Crippen LogP contribution in [0, 0.1) is 5.92 Å². The highest BCUT2D eigenvalue weighted by atomic mass is 35.5. The van der Waals surface area contributed by atoms with E-state index in [9.17, 15) is 9.59 Å². The molecule has 2 aromatic carbocycles. The van der Waals surface area contributed by atoms with E-state index in [4.69, 9.17) is 16.1 Å². The second-order valence-electron chi connectivity index (χ2n) is 6.31. The Morgan fingerprint density at radius 3 is 2.63 bits per heavy atom. The molecule has 0 saturated carbocycles. The molecule has 1 aromatic heterocycles. The quantitative estimate of drug-likeness (QED) is 0.741. The molecule has 1 atom stereocenters. The maximum atomic E-state index is 12.5. The van der Waals surface area contributed by atoms with Gasteiger partial charge in [0.1, 0.15) is 5.69 Å². The Morgan fingerprint density at radius 1 is 1.15 bits per heavy atom. The number of amides is 2. The number of nitrogens with zero attached hydrogens (tertiary/aromatic N) is 2. The summed E-state index contributed by atoms with van der Waals surface area (Å²) in [6, 6.07) is 18.1. The predicted molar refractivity (Wildman–Crippen MR) is 102 cm³/mol. The summed E-state index contributed by atoms with van der Waals surface area (Å²) in [5.41, 5.74) is 2.22. The lowest BCUT2D eigenvalue weighted by Gasteiger charge is -2.16. The van der Waals surface area contributed by atoms with Crippen LogP contribution in [0.2, 0.25) is 5.02 Å². The van der Waals surface area contributed by atoms with E-state index in [-0.39, 0.29) is 24.1 Å². The highest BCUT2D eigenvalue weighted by molar-refractivity contribution is 6.30. The van der Waals surface area contributed by atoms with Crippen LogP contribution in [0.15, 0.2) is 65.2 Å². The smallest absolute Gasteiger partial charge is 0.232 e. The molecule has 1 N–H and O–H groups in total. The largest absolute Gasteiger partial charge is 0.338 e. The minimum atomic E-state index is -0.443. The summed E-state index contributed by atoms with van der Waals surface area (Å²) in [5.74, 6) is -0.529. The second-order valence-corrected chi connectivity index (χ2v) is 6.75. The Bertz CT molecular complexity index is 970. The SMILES string of the molecule is O=C(Nc1cc(-c2ccc(Cl)cc2)no1)C1CC(=O)N(c2ccccc2)C1. The first kappa shape index (κ1) is 17.3. The Kier molecular flexibility index (Phi) is 4.64.